The Balaban J connectivity index is 0.00000225. The van der Waals surface area contributed by atoms with Crippen LogP contribution in [0.4, 0.5) is 0 Å². The first-order valence-electron chi connectivity index (χ1n) is 8.46. The summed E-state index contributed by atoms with van der Waals surface area (Å²) in [7, 11) is 0. The van der Waals surface area contributed by atoms with Crippen LogP contribution in [0.25, 0.3) is 0 Å². The normalized spacial score (nSPS) is 15.4. The first-order chi connectivity index (χ1) is 11.7. The van der Waals surface area contributed by atoms with Crippen LogP contribution in [0.2, 0.25) is 0 Å². The number of hydrogen-bond donors (Lipinski definition) is 1. The number of halogens is 1. The number of benzene rings is 1. The first-order valence-corrected chi connectivity index (χ1v) is 8.46. The van der Waals surface area contributed by atoms with E-state index in [1.54, 1.807) is 6.26 Å². The van der Waals surface area contributed by atoms with Gasteiger partial charge in [-0.3, -0.25) is 9.69 Å². The van der Waals surface area contributed by atoms with Crippen LogP contribution in [0.15, 0.2) is 47.1 Å². The van der Waals surface area contributed by atoms with Crippen molar-refractivity contribution < 1.29 is 13.9 Å². The monoisotopic (exact) mass is 364 g/mol. The predicted molar refractivity (Wildman–Crippen MR) is 99.2 cm³/mol. The minimum absolute atomic E-state index is 0. The molecule has 2 aromatic rings. The molecule has 0 radical (unpaired) electrons. The average Bonchev–Trinajstić information content (AvgIpc) is 3.28. The number of para-hydroxylation sites is 1. The number of rotatable bonds is 7. The highest BCUT2D eigenvalue weighted by atomic mass is 35.5. The maximum atomic E-state index is 12.1. The average molecular weight is 365 g/mol. The van der Waals surface area contributed by atoms with Gasteiger partial charge in [-0.2, -0.15) is 0 Å². The van der Waals surface area contributed by atoms with E-state index in [0.717, 1.165) is 30.2 Å². The molecular formula is C19H25ClN2O3. The molecule has 1 saturated heterocycles. The standard InChI is InChI=1S/C19H24N2O3.ClH/c1-15-7-2-3-8-17(15)24-14-19(22)20-13-16(18-9-6-12-23-18)21-10-4-5-11-21;/h2-3,6-9,12,16H,4-5,10-11,13-14H2,1H3,(H,20,22);1H. The second kappa shape index (κ2) is 9.49. The molecule has 1 N–H and O–H groups in total. The first kappa shape index (κ1) is 19.3. The molecule has 1 atom stereocenters. The molecule has 2 heterocycles. The lowest BCUT2D eigenvalue weighted by molar-refractivity contribution is -0.123. The second-order valence-corrected chi connectivity index (χ2v) is 6.13. The SMILES string of the molecule is Cc1ccccc1OCC(=O)NCC(c1ccco1)N1CCCC1.Cl. The Hall–Kier alpha value is -1.98. The number of hydrogen-bond acceptors (Lipinski definition) is 4. The van der Waals surface area contributed by atoms with Gasteiger partial charge in [0.1, 0.15) is 11.5 Å². The third kappa shape index (κ3) is 5.25. The molecule has 1 fully saturated rings. The van der Waals surface area contributed by atoms with Crippen LogP contribution < -0.4 is 10.1 Å². The summed E-state index contributed by atoms with van der Waals surface area (Å²) < 4.78 is 11.2. The Labute approximate surface area is 154 Å². The van der Waals surface area contributed by atoms with E-state index in [0.29, 0.717) is 6.54 Å². The van der Waals surface area contributed by atoms with Gasteiger partial charge in [0.15, 0.2) is 6.61 Å². The highest BCUT2D eigenvalue weighted by Gasteiger charge is 2.25. The summed E-state index contributed by atoms with van der Waals surface area (Å²) in [5.41, 5.74) is 1.02. The molecule has 1 amide bonds. The van der Waals surface area contributed by atoms with Crippen molar-refractivity contribution in [2.75, 3.05) is 26.2 Å². The molecule has 1 aromatic carbocycles. The zero-order valence-corrected chi connectivity index (χ0v) is 15.3. The van der Waals surface area contributed by atoms with Crippen LogP contribution in [0.5, 0.6) is 5.75 Å². The van der Waals surface area contributed by atoms with E-state index in [1.165, 1.54) is 12.8 Å². The van der Waals surface area contributed by atoms with Crippen molar-refractivity contribution in [3.8, 4) is 5.75 Å². The molecule has 6 heteroatoms. The number of likely N-dealkylation sites (tertiary alicyclic amines) is 1. The van der Waals surface area contributed by atoms with Crippen LogP contribution in [-0.4, -0.2) is 37.0 Å². The van der Waals surface area contributed by atoms with Crippen molar-refractivity contribution in [3.05, 3.63) is 54.0 Å². The lowest BCUT2D eigenvalue weighted by Crippen LogP contribution is -2.38. The lowest BCUT2D eigenvalue weighted by atomic mass is 10.2. The van der Waals surface area contributed by atoms with E-state index >= 15 is 0 Å². The van der Waals surface area contributed by atoms with Crippen LogP contribution in [0.3, 0.4) is 0 Å². The summed E-state index contributed by atoms with van der Waals surface area (Å²) in [5, 5.41) is 2.97. The number of amides is 1. The van der Waals surface area contributed by atoms with E-state index in [4.69, 9.17) is 9.15 Å². The highest BCUT2D eigenvalue weighted by molar-refractivity contribution is 5.85. The smallest absolute Gasteiger partial charge is 0.258 e. The Morgan fingerprint density at radius 3 is 2.68 bits per heavy atom. The van der Waals surface area contributed by atoms with Gasteiger partial charge in [0.25, 0.3) is 5.91 Å². The van der Waals surface area contributed by atoms with Crippen LogP contribution in [0, 0.1) is 6.92 Å². The maximum Gasteiger partial charge on any atom is 0.258 e. The maximum absolute atomic E-state index is 12.1. The molecule has 136 valence electrons. The summed E-state index contributed by atoms with van der Waals surface area (Å²) in [4.78, 5) is 14.5. The molecule has 0 bridgehead atoms. The Bertz CT molecular complexity index is 654. The number of carbonyl (C=O) groups excluding carboxylic acids is 1. The topological polar surface area (TPSA) is 54.7 Å². The van der Waals surface area contributed by atoms with Crippen LogP contribution >= 0.6 is 12.4 Å². The van der Waals surface area contributed by atoms with Crippen molar-refractivity contribution in [2.24, 2.45) is 0 Å². The number of nitrogens with zero attached hydrogens (tertiary/aromatic N) is 1. The summed E-state index contributed by atoms with van der Waals surface area (Å²) >= 11 is 0. The lowest BCUT2D eigenvalue weighted by Gasteiger charge is -2.26. The fourth-order valence-electron chi connectivity index (χ4n) is 3.07. The largest absolute Gasteiger partial charge is 0.484 e. The zero-order chi connectivity index (χ0) is 16.8. The predicted octanol–water partition coefficient (Wildman–Crippen LogP) is 3.34. The van der Waals surface area contributed by atoms with Gasteiger partial charge in [0, 0.05) is 6.54 Å². The molecule has 1 unspecified atom stereocenters. The van der Waals surface area contributed by atoms with Crippen LogP contribution in [0.1, 0.15) is 30.2 Å². The third-order valence-corrected chi connectivity index (χ3v) is 4.40. The number of aryl methyl sites for hydroxylation is 1. The quantitative estimate of drug-likeness (QED) is 0.818. The van der Waals surface area contributed by atoms with E-state index in [2.05, 4.69) is 10.2 Å². The summed E-state index contributed by atoms with van der Waals surface area (Å²) in [6.45, 7) is 4.61. The molecule has 1 aliphatic heterocycles. The Morgan fingerprint density at radius 2 is 2.00 bits per heavy atom. The summed E-state index contributed by atoms with van der Waals surface area (Å²) in [6.07, 6.45) is 4.07. The summed E-state index contributed by atoms with van der Waals surface area (Å²) in [6, 6.07) is 11.6. The molecule has 1 aliphatic rings. The van der Waals surface area contributed by atoms with Crippen molar-refractivity contribution >= 4 is 18.3 Å². The molecule has 1 aromatic heterocycles. The molecule has 5 nitrogen and oxygen atoms in total. The van der Waals surface area contributed by atoms with Gasteiger partial charge in [-0.05, 0) is 56.6 Å². The molecule has 0 spiro atoms. The van der Waals surface area contributed by atoms with E-state index in [9.17, 15) is 4.79 Å². The molecular weight excluding hydrogens is 340 g/mol. The van der Waals surface area contributed by atoms with Crippen LogP contribution in [-0.2, 0) is 4.79 Å². The van der Waals surface area contributed by atoms with E-state index in [1.807, 2.05) is 43.3 Å². The van der Waals surface area contributed by atoms with E-state index in [-0.39, 0.29) is 31.0 Å². The van der Waals surface area contributed by atoms with Crippen molar-refractivity contribution in [3.63, 3.8) is 0 Å². The van der Waals surface area contributed by atoms with Gasteiger partial charge in [-0.1, -0.05) is 18.2 Å². The fraction of sp³-hybridized carbons (Fsp3) is 0.421. The van der Waals surface area contributed by atoms with Crippen molar-refractivity contribution in [2.45, 2.75) is 25.8 Å². The van der Waals surface area contributed by atoms with Gasteiger partial charge in [-0.15, -0.1) is 12.4 Å². The van der Waals surface area contributed by atoms with E-state index < -0.39 is 0 Å². The van der Waals surface area contributed by atoms with Crippen molar-refractivity contribution in [1.82, 2.24) is 10.2 Å². The van der Waals surface area contributed by atoms with Gasteiger partial charge >= 0.3 is 0 Å². The molecule has 25 heavy (non-hydrogen) atoms. The minimum atomic E-state index is -0.117. The van der Waals surface area contributed by atoms with Gasteiger partial charge in [-0.25, -0.2) is 0 Å². The summed E-state index contributed by atoms with van der Waals surface area (Å²) in [5.74, 6) is 1.53. The zero-order valence-electron chi connectivity index (χ0n) is 14.4. The molecule has 0 aliphatic carbocycles. The third-order valence-electron chi connectivity index (χ3n) is 4.40. The number of carbonyl (C=O) groups is 1. The van der Waals surface area contributed by atoms with Crippen molar-refractivity contribution in [1.29, 1.82) is 0 Å². The highest BCUT2D eigenvalue weighted by Crippen LogP contribution is 2.24. The second-order valence-electron chi connectivity index (χ2n) is 6.13. The minimum Gasteiger partial charge on any atom is -0.484 e. The Kier molecular flexibility index (Phi) is 7.34. The van der Waals surface area contributed by atoms with Gasteiger partial charge < -0.3 is 14.5 Å². The molecule has 3 rings (SSSR count). The fourth-order valence-corrected chi connectivity index (χ4v) is 3.07. The number of ether oxygens (including phenoxy) is 1. The molecule has 0 saturated carbocycles. The number of nitrogens with one attached hydrogen (secondary N) is 1. The van der Waals surface area contributed by atoms with Gasteiger partial charge in [0.05, 0.1) is 12.3 Å². The Morgan fingerprint density at radius 1 is 1.24 bits per heavy atom. The number of furan rings is 1. The van der Waals surface area contributed by atoms with Gasteiger partial charge in [0.2, 0.25) is 0 Å².